The average Bonchev–Trinajstić information content (AvgIpc) is 3.81. The summed E-state index contributed by atoms with van der Waals surface area (Å²) in [6, 6.07) is 64.7. The molecule has 0 atom stereocenters. The molecule has 2 heteroatoms. The van der Waals surface area contributed by atoms with Gasteiger partial charge in [0.2, 0.25) is 0 Å². The maximum Gasteiger partial charge on any atom is 0.135 e. The van der Waals surface area contributed by atoms with Crippen LogP contribution in [0.3, 0.4) is 0 Å². The fraction of sp³-hybridized carbons (Fsp3) is 0.111. The SMILES string of the molecule is CC1(C)c2ccccc2-c2ccc(-c3ccccc3N(c3ccccc3-c3ccc4oc5ccccc5c4c3)c3cccc4c3-c3ccccc3C4(C)C)cc21. The quantitative estimate of drug-likeness (QED) is 0.176. The van der Waals surface area contributed by atoms with Crippen LogP contribution in [0.5, 0.6) is 0 Å². The lowest BCUT2D eigenvalue weighted by molar-refractivity contribution is 0.660. The van der Waals surface area contributed by atoms with Gasteiger partial charge in [-0.3, -0.25) is 0 Å². The van der Waals surface area contributed by atoms with E-state index in [9.17, 15) is 0 Å². The molecule has 1 heterocycles. The molecular formula is C54H41NO. The number of benzene rings is 8. The summed E-state index contributed by atoms with van der Waals surface area (Å²) >= 11 is 0. The third-order valence-electron chi connectivity index (χ3n) is 12.7. The van der Waals surface area contributed by atoms with Crippen molar-refractivity contribution in [1.82, 2.24) is 0 Å². The zero-order chi connectivity index (χ0) is 37.8. The predicted molar refractivity (Wildman–Crippen MR) is 234 cm³/mol. The molecule has 2 aliphatic rings. The summed E-state index contributed by atoms with van der Waals surface area (Å²) in [6.45, 7) is 9.45. The minimum absolute atomic E-state index is 0.103. The molecule has 8 aromatic carbocycles. The number of furan rings is 1. The van der Waals surface area contributed by atoms with Crippen LogP contribution in [0.4, 0.5) is 17.1 Å². The van der Waals surface area contributed by atoms with Gasteiger partial charge in [0.05, 0.1) is 17.1 Å². The Balaban J connectivity index is 1.18. The Hall–Kier alpha value is -6.64. The van der Waals surface area contributed by atoms with Crippen molar-refractivity contribution in [1.29, 1.82) is 0 Å². The van der Waals surface area contributed by atoms with Crippen LogP contribution in [-0.4, -0.2) is 0 Å². The van der Waals surface area contributed by atoms with Gasteiger partial charge in [-0.15, -0.1) is 0 Å². The van der Waals surface area contributed by atoms with E-state index >= 15 is 0 Å². The Morgan fingerprint density at radius 1 is 0.357 bits per heavy atom. The van der Waals surface area contributed by atoms with Crippen LogP contribution in [-0.2, 0) is 10.8 Å². The Labute approximate surface area is 328 Å². The Bertz CT molecular complexity index is 3050. The molecule has 0 spiro atoms. The van der Waals surface area contributed by atoms with Gasteiger partial charge in [-0.05, 0) is 92.5 Å². The summed E-state index contributed by atoms with van der Waals surface area (Å²) in [5.74, 6) is 0. The average molecular weight is 720 g/mol. The first-order valence-corrected chi connectivity index (χ1v) is 19.7. The maximum absolute atomic E-state index is 6.28. The van der Waals surface area contributed by atoms with Gasteiger partial charge in [0.25, 0.3) is 0 Å². The molecule has 56 heavy (non-hydrogen) atoms. The topological polar surface area (TPSA) is 16.4 Å². The number of nitrogens with zero attached hydrogens (tertiary/aromatic N) is 1. The second kappa shape index (κ2) is 11.9. The van der Waals surface area contributed by atoms with Crippen LogP contribution in [0.15, 0.2) is 180 Å². The molecule has 2 aliphatic carbocycles. The van der Waals surface area contributed by atoms with E-state index in [0.29, 0.717) is 0 Å². The molecular weight excluding hydrogens is 679 g/mol. The fourth-order valence-corrected chi connectivity index (χ4v) is 9.90. The van der Waals surface area contributed by atoms with Crippen molar-refractivity contribution in [3.8, 4) is 44.5 Å². The summed E-state index contributed by atoms with van der Waals surface area (Å²) < 4.78 is 6.28. The Kier molecular flexibility index (Phi) is 6.98. The summed E-state index contributed by atoms with van der Waals surface area (Å²) in [5, 5.41) is 2.25. The highest BCUT2D eigenvalue weighted by Crippen LogP contribution is 2.56. The number of hydrogen-bond donors (Lipinski definition) is 0. The second-order valence-electron chi connectivity index (χ2n) is 16.5. The molecule has 0 unspecified atom stereocenters. The largest absolute Gasteiger partial charge is 0.456 e. The smallest absolute Gasteiger partial charge is 0.135 e. The summed E-state index contributed by atoms with van der Waals surface area (Å²) in [6.07, 6.45) is 0. The monoisotopic (exact) mass is 719 g/mol. The molecule has 2 nitrogen and oxygen atoms in total. The molecule has 0 amide bonds. The van der Waals surface area contributed by atoms with E-state index in [0.717, 1.165) is 44.4 Å². The molecule has 11 rings (SSSR count). The van der Waals surface area contributed by atoms with Gasteiger partial charge < -0.3 is 9.32 Å². The van der Waals surface area contributed by atoms with E-state index in [1.54, 1.807) is 0 Å². The Morgan fingerprint density at radius 3 is 1.61 bits per heavy atom. The van der Waals surface area contributed by atoms with Crippen LogP contribution < -0.4 is 4.90 Å². The molecule has 268 valence electrons. The van der Waals surface area contributed by atoms with Crippen LogP contribution >= 0.6 is 0 Å². The van der Waals surface area contributed by atoms with Crippen LogP contribution in [0, 0.1) is 0 Å². The highest BCUT2D eigenvalue weighted by Gasteiger charge is 2.39. The van der Waals surface area contributed by atoms with E-state index in [1.165, 1.54) is 61.3 Å². The number of rotatable bonds is 5. The number of para-hydroxylation sites is 3. The highest BCUT2D eigenvalue weighted by atomic mass is 16.3. The van der Waals surface area contributed by atoms with Crippen molar-refractivity contribution in [3.63, 3.8) is 0 Å². The first kappa shape index (κ1) is 32.8. The molecule has 0 N–H and O–H groups in total. The van der Waals surface area contributed by atoms with Crippen molar-refractivity contribution in [2.75, 3.05) is 4.90 Å². The molecule has 0 aliphatic heterocycles. The van der Waals surface area contributed by atoms with Crippen molar-refractivity contribution in [3.05, 3.63) is 198 Å². The van der Waals surface area contributed by atoms with Crippen molar-refractivity contribution < 1.29 is 4.42 Å². The number of anilines is 3. The van der Waals surface area contributed by atoms with Crippen molar-refractivity contribution in [2.24, 2.45) is 0 Å². The van der Waals surface area contributed by atoms with Gasteiger partial charge in [0.15, 0.2) is 0 Å². The zero-order valence-corrected chi connectivity index (χ0v) is 32.1. The Morgan fingerprint density at radius 2 is 0.857 bits per heavy atom. The minimum atomic E-state index is -0.138. The van der Waals surface area contributed by atoms with Crippen molar-refractivity contribution in [2.45, 2.75) is 38.5 Å². The third-order valence-corrected chi connectivity index (χ3v) is 12.7. The summed E-state index contributed by atoms with van der Waals surface area (Å²) in [5.41, 5.74) is 20.4. The summed E-state index contributed by atoms with van der Waals surface area (Å²) in [7, 11) is 0. The standard InChI is InChI=1S/C54H41NO/c1-53(2)44-22-11-6-20-41(44)52-45(53)23-15-26-49(52)55(47-24-12-7-16-36(47)34-29-31-51-42(32-34)40-19-9-14-27-50(40)56-51)48-25-13-8-17-37(48)35-28-30-39-38-18-5-10-21-43(38)54(3,4)46(39)33-35/h5-33H,1-4H3. The lowest BCUT2D eigenvalue weighted by Gasteiger charge is -2.32. The van der Waals surface area contributed by atoms with Crippen LogP contribution in [0.1, 0.15) is 49.9 Å². The van der Waals surface area contributed by atoms with E-state index < -0.39 is 0 Å². The van der Waals surface area contributed by atoms with E-state index in [1.807, 2.05) is 6.07 Å². The van der Waals surface area contributed by atoms with Crippen molar-refractivity contribution >= 4 is 39.0 Å². The second-order valence-corrected chi connectivity index (χ2v) is 16.5. The normalized spacial score (nSPS) is 14.4. The maximum atomic E-state index is 6.28. The lowest BCUT2D eigenvalue weighted by atomic mass is 9.81. The zero-order valence-electron chi connectivity index (χ0n) is 32.1. The molecule has 0 saturated carbocycles. The molecule has 0 saturated heterocycles. The molecule has 9 aromatic rings. The first-order valence-electron chi connectivity index (χ1n) is 19.7. The molecule has 0 bridgehead atoms. The predicted octanol–water partition coefficient (Wildman–Crippen LogP) is 15.0. The van der Waals surface area contributed by atoms with Crippen LogP contribution in [0.2, 0.25) is 0 Å². The first-order chi connectivity index (χ1) is 27.3. The molecule has 1 aromatic heterocycles. The van der Waals surface area contributed by atoms with E-state index in [2.05, 4.69) is 202 Å². The molecule has 0 radical (unpaired) electrons. The van der Waals surface area contributed by atoms with E-state index in [4.69, 9.17) is 4.42 Å². The highest BCUT2D eigenvalue weighted by molar-refractivity contribution is 6.07. The number of hydrogen-bond acceptors (Lipinski definition) is 2. The minimum Gasteiger partial charge on any atom is -0.456 e. The van der Waals surface area contributed by atoms with Gasteiger partial charge in [-0.25, -0.2) is 0 Å². The lowest BCUT2D eigenvalue weighted by Crippen LogP contribution is -2.17. The van der Waals surface area contributed by atoms with Crippen LogP contribution in [0.25, 0.3) is 66.4 Å². The van der Waals surface area contributed by atoms with Gasteiger partial charge in [-0.1, -0.05) is 161 Å². The third kappa shape index (κ3) is 4.62. The molecule has 0 fully saturated rings. The van der Waals surface area contributed by atoms with Gasteiger partial charge >= 0.3 is 0 Å². The number of fused-ring (bicyclic) bond motifs is 9. The van der Waals surface area contributed by atoms with E-state index in [-0.39, 0.29) is 10.8 Å². The van der Waals surface area contributed by atoms with Gasteiger partial charge in [0.1, 0.15) is 11.2 Å². The van der Waals surface area contributed by atoms with Gasteiger partial charge in [0, 0.05) is 38.3 Å². The summed E-state index contributed by atoms with van der Waals surface area (Å²) in [4.78, 5) is 2.53. The fourth-order valence-electron chi connectivity index (χ4n) is 9.90. The van der Waals surface area contributed by atoms with Gasteiger partial charge in [-0.2, -0.15) is 0 Å².